The summed E-state index contributed by atoms with van der Waals surface area (Å²) in [5.74, 6) is 0.0924. The number of rotatable bonds is 5. The Hall–Kier alpha value is -1.35. The molecule has 3 nitrogen and oxygen atoms in total. The van der Waals surface area contributed by atoms with Crippen LogP contribution < -0.4 is 10.6 Å². The van der Waals surface area contributed by atoms with Gasteiger partial charge in [0.2, 0.25) is 5.91 Å². The number of hydrogen-bond donors (Lipinski definition) is 2. The first-order chi connectivity index (χ1) is 9.74. The lowest BCUT2D eigenvalue weighted by Crippen LogP contribution is -2.38. The van der Waals surface area contributed by atoms with Gasteiger partial charge in [0.05, 0.1) is 6.54 Å². The van der Waals surface area contributed by atoms with E-state index < -0.39 is 0 Å². The van der Waals surface area contributed by atoms with Crippen LogP contribution in [0.1, 0.15) is 49.7 Å². The van der Waals surface area contributed by atoms with Crippen molar-refractivity contribution in [3.05, 3.63) is 35.4 Å². The molecule has 3 heteroatoms. The van der Waals surface area contributed by atoms with Crippen molar-refractivity contribution in [3.8, 4) is 0 Å². The average Bonchev–Trinajstić information content (AvgIpc) is 2.73. The Morgan fingerprint density at radius 2 is 1.75 bits per heavy atom. The molecule has 0 saturated heterocycles. The van der Waals surface area contributed by atoms with Crippen molar-refractivity contribution in [2.24, 2.45) is 0 Å². The topological polar surface area (TPSA) is 41.1 Å². The molecule has 0 spiro atoms. The van der Waals surface area contributed by atoms with Crippen LogP contribution in [0.2, 0.25) is 0 Å². The number of benzene rings is 1. The molecule has 0 bridgehead atoms. The minimum atomic E-state index is 0.0924. The summed E-state index contributed by atoms with van der Waals surface area (Å²) in [6.45, 7) is 3.13. The predicted molar refractivity (Wildman–Crippen MR) is 82.5 cm³/mol. The zero-order valence-electron chi connectivity index (χ0n) is 12.5. The molecular formula is C17H26N2O. The van der Waals surface area contributed by atoms with Crippen LogP contribution in [0.3, 0.4) is 0 Å². The molecule has 2 N–H and O–H groups in total. The van der Waals surface area contributed by atoms with Crippen molar-refractivity contribution >= 4 is 5.91 Å². The van der Waals surface area contributed by atoms with Crippen molar-refractivity contribution in [3.63, 3.8) is 0 Å². The van der Waals surface area contributed by atoms with Gasteiger partial charge in [0.25, 0.3) is 0 Å². The van der Waals surface area contributed by atoms with Crippen molar-refractivity contribution < 1.29 is 4.79 Å². The Bertz CT molecular complexity index is 406. The summed E-state index contributed by atoms with van der Waals surface area (Å²) in [6.07, 6.45) is 7.71. The molecule has 1 aliphatic carbocycles. The zero-order valence-corrected chi connectivity index (χ0v) is 12.5. The highest BCUT2D eigenvalue weighted by molar-refractivity contribution is 5.78. The summed E-state index contributed by atoms with van der Waals surface area (Å²) in [5.41, 5.74) is 2.40. The van der Waals surface area contributed by atoms with E-state index in [1.165, 1.54) is 44.1 Å². The second-order valence-electron chi connectivity index (χ2n) is 5.83. The Kier molecular flexibility index (Phi) is 6.06. The molecule has 0 unspecified atom stereocenters. The standard InChI is InChI=1S/C17H26N2O/c1-14-8-10-15(11-9-14)12-19-17(20)13-18-16-6-4-2-3-5-7-16/h8-11,16,18H,2-7,12-13H2,1H3,(H,19,20). The fourth-order valence-corrected chi connectivity index (χ4v) is 2.69. The van der Waals surface area contributed by atoms with Gasteiger partial charge in [-0.3, -0.25) is 4.79 Å². The van der Waals surface area contributed by atoms with Gasteiger partial charge in [-0.15, -0.1) is 0 Å². The fraction of sp³-hybridized carbons (Fsp3) is 0.588. The molecular weight excluding hydrogens is 248 g/mol. The van der Waals surface area contributed by atoms with Crippen LogP contribution in [0.5, 0.6) is 0 Å². The van der Waals surface area contributed by atoms with E-state index in [1.807, 2.05) is 0 Å². The maximum Gasteiger partial charge on any atom is 0.234 e. The predicted octanol–water partition coefficient (Wildman–Crippen LogP) is 2.92. The van der Waals surface area contributed by atoms with Gasteiger partial charge in [-0.05, 0) is 25.3 Å². The summed E-state index contributed by atoms with van der Waals surface area (Å²) < 4.78 is 0. The SMILES string of the molecule is Cc1ccc(CNC(=O)CNC2CCCCCC2)cc1. The number of carbonyl (C=O) groups excluding carboxylic acids is 1. The van der Waals surface area contributed by atoms with Crippen LogP contribution in [0, 0.1) is 6.92 Å². The lowest BCUT2D eigenvalue weighted by molar-refractivity contribution is -0.120. The molecule has 0 aromatic heterocycles. The largest absolute Gasteiger partial charge is 0.351 e. The number of nitrogens with one attached hydrogen (secondary N) is 2. The van der Waals surface area contributed by atoms with E-state index in [1.54, 1.807) is 0 Å². The first kappa shape index (κ1) is 15.0. The van der Waals surface area contributed by atoms with Crippen LogP contribution in [-0.4, -0.2) is 18.5 Å². The molecule has 1 aromatic rings. The maximum absolute atomic E-state index is 11.8. The quantitative estimate of drug-likeness (QED) is 0.811. The Morgan fingerprint density at radius 3 is 2.40 bits per heavy atom. The van der Waals surface area contributed by atoms with Crippen molar-refractivity contribution in [2.45, 2.75) is 58.0 Å². The molecule has 1 aliphatic rings. The van der Waals surface area contributed by atoms with Gasteiger partial charge in [-0.25, -0.2) is 0 Å². The first-order valence-electron chi connectivity index (χ1n) is 7.79. The van der Waals surface area contributed by atoms with E-state index in [2.05, 4.69) is 41.8 Å². The molecule has 20 heavy (non-hydrogen) atoms. The second kappa shape index (κ2) is 8.05. The second-order valence-corrected chi connectivity index (χ2v) is 5.83. The molecule has 1 fully saturated rings. The van der Waals surface area contributed by atoms with Crippen LogP contribution in [0.4, 0.5) is 0 Å². The maximum atomic E-state index is 11.8. The highest BCUT2D eigenvalue weighted by Gasteiger charge is 2.12. The average molecular weight is 274 g/mol. The minimum Gasteiger partial charge on any atom is -0.351 e. The van der Waals surface area contributed by atoms with E-state index in [4.69, 9.17) is 0 Å². The summed E-state index contributed by atoms with van der Waals surface area (Å²) in [6, 6.07) is 8.81. The van der Waals surface area contributed by atoms with Gasteiger partial charge in [0.1, 0.15) is 0 Å². The van der Waals surface area contributed by atoms with Crippen molar-refractivity contribution in [1.82, 2.24) is 10.6 Å². The minimum absolute atomic E-state index is 0.0924. The fourth-order valence-electron chi connectivity index (χ4n) is 2.69. The van der Waals surface area contributed by atoms with Gasteiger partial charge < -0.3 is 10.6 Å². The number of hydrogen-bond acceptors (Lipinski definition) is 2. The molecule has 0 radical (unpaired) electrons. The molecule has 0 atom stereocenters. The molecule has 1 saturated carbocycles. The Labute approximate surface area is 122 Å². The van der Waals surface area contributed by atoms with Gasteiger partial charge in [-0.1, -0.05) is 55.5 Å². The van der Waals surface area contributed by atoms with E-state index in [0.717, 1.165) is 5.56 Å². The molecule has 0 heterocycles. The van der Waals surface area contributed by atoms with Crippen LogP contribution in [0.25, 0.3) is 0 Å². The summed E-state index contributed by atoms with van der Waals surface area (Å²) in [7, 11) is 0. The molecule has 0 aliphatic heterocycles. The number of amides is 1. The zero-order chi connectivity index (χ0) is 14.2. The van der Waals surface area contributed by atoms with Crippen LogP contribution >= 0.6 is 0 Å². The third-order valence-corrected chi connectivity index (χ3v) is 4.02. The molecule has 1 amide bonds. The van der Waals surface area contributed by atoms with E-state index in [-0.39, 0.29) is 5.91 Å². The summed E-state index contributed by atoms with van der Waals surface area (Å²) in [5, 5.41) is 6.37. The van der Waals surface area contributed by atoms with Crippen LogP contribution in [-0.2, 0) is 11.3 Å². The van der Waals surface area contributed by atoms with Gasteiger partial charge >= 0.3 is 0 Å². The number of carbonyl (C=O) groups is 1. The van der Waals surface area contributed by atoms with Gasteiger partial charge in [0, 0.05) is 12.6 Å². The van der Waals surface area contributed by atoms with Crippen molar-refractivity contribution in [1.29, 1.82) is 0 Å². The smallest absolute Gasteiger partial charge is 0.234 e. The molecule has 2 rings (SSSR count). The van der Waals surface area contributed by atoms with E-state index in [9.17, 15) is 4.79 Å². The Morgan fingerprint density at radius 1 is 1.10 bits per heavy atom. The first-order valence-corrected chi connectivity index (χ1v) is 7.79. The molecule has 110 valence electrons. The summed E-state index contributed by atoms with van der Waals surface area (Å²) in [4.78, 5) is 11.8. The highest BCUT2D eigenvalue weighted by atomic mass is 16.1. The van der Waals surface area contributed by atoms with Crippen LogP contribution in [0.15, 0.2) is 24.3 Å². The monoisotopic (exact) mass is 274 g/mol. The summed E-state index contributed by atoms with van der Waals surface area (Å²) >= 11 is 0. The Balaban J connectivity index is 1.66. The third kappa shape index (κ3) is 5.33. The highest BCUT2D eigenvalue weighted by Crippen LogP contribution is 2.16. The van der Waals surface area contributed by atoms with E-state index in [0.29, 0.717) is 19.1 Å². The normalized spacial score (nSPS) is 16.6. The van der Waals surface area contributed by atoms with Gasteiger partial charge in [0.15, 0.2) is 0 Å². The number of aryl methyl sites for hydroxylation is 1. The van der Waals surface area contributed by atoms with E-state index >= 15 is 0 Å². The lowest BCUT2D eigenvalue weighted by atomic mass is 10.1. The molecule has 1 aromatic carbocycles. The lowest BCUT2D eigenvalue weighted by Gasteiger charge is -2.15. The van der Waals surface area contributed by atoms with Crippen molar-refractivity contribution in [2.75, 3.05) is 6.54 Å². The third-order valence-electron chi connectivity index (χ3n) is 4.02. The van der Waals surface area contributed by atoms with Gasteiger partial charge in [-0.2, -0.15) is 0 Å².